The summed E-state index contributed by atoms with van der Waals surface area (Å²) in [5.74, 6) is -3.07. The number of rotatable bonds is 16. The quantitative estimate of drug-likeness (QED) is 0.120. The van der Waals surface area contributed by atoms with Gasteiger partial charge in [0.05, 0.1) is 12.5 Å². The van der Waals surface area contributed by atoms with Crippen molar-refractivity contribution in [1.82, 2.24) is 16.0 Å². The number of amides is 4. The molecule has 31 heavy (non-hydrogen) atoms. The summed E-state index contributed by atoms with van der Waals surface area (Å²) in [5.41, 5.74) is 10.7. The number of hydrogen-bond acceptors (Lipinski definition) is 9. The van der Waals surface area contributed by atoms with E-state index in [0.29, 0.717) is 17.9 Å². The van der Waals surface area contributed by atoms with Crippen LogP contribution < -0.4 is 27.4 Å². The van der Waals surface area contributed by atoms with E-state index in [-0.39, 0.29) is 12.2 Å². The van der Waals surface area contributed by atoms with E-state index in [0.717, 1.165) is 0 Å². The highest BCUT2D eigenvalue weighted by Gasteiger charge is 2.30. The molecule has 0 aromatic heterocycles. The average molecular weight is 498 g/mol. The molecule has 0 bridgehead atoms. The number of carboxylic acids is 1. The van der Waals surface area contributed by atoms with Crippen LogP contribution in [0.2, 0.25) is 0 Å². The summed E-state index contributed by atoms with van der Waals surface area (Å²) in [6.45, 7) is 0. The van der Waals surface area contributed by atoms with Crippen molar-refractivity contribution in [3.63, 3.8) is 0 Å². The van der Waals surface area contributed by atoms with E-state index < -0.39 is 60.2 Å². The fraction of sp³-hybridized carbons (Fsp3) is 0.706. The van der Waals surface area contributed by atoms with Gasteiger partial charge >= 0.3 is 5.97 Å². The third-order valence-corrected chi connectivity index (χ3v) is 5.72. The summed E-state index contributed by atoms with van der Waals surface area (Å²) in [6, 6.07) is -4.41. The molecule has 4 amide bonds. The third-order valence-electron chi connectivity index (χ3n) is 4.04. The third kappa shape index (κ3) is 12.1. The minimum Gasteiger partial charge on any atom is -0.480 e. The van der Waals surface area contributed by atoms with Crippen LogP contribution in [-0.4, -0.2) is 88.6 Å². The van der Waals surface area contributed by atoms with Crippen LogP contribution in [0.15, 0.2) is 0 Å². The Kier molecular flexibility index (Phi) is 15.2. The number of primary amides is 1. The van der Waals surface area contributed by atoms with Gasteiger partial charge in [-0.15, -0.1) is 0 Å². The number of thioether (sulfide) groups is 2. The lowest BCUT2D eigenvalue weighted by Gasteiger charge is -2.24. The molecule has 0 radical (unpaired) electrons. The Morgan fingerprint density at radius 2 is 1.29 bits per heavy atom. The molecule has 0 aliphatic carbocycles. The molecule has 0 aromatic rings. The first kappa shape index (κ1) is 29.4. The summed E-state index contributed by atoms with van der Waals surface area (Å²) in [7, 11) is 0. The largest absolute Gasteiger partial charge is 0.480 e. The molecule has 11 nitrogen and oxygen atoms in total. The maximum Gasteiger partial charge on any atom is 0.326 e. The van der Waals surface area contributed by atoms with Gasteiger partial charge in [0.25, 0.3) is 0 Å². The Hall–Kier alpha value is -1.64. The highest BCUT2D eigenvalue weighted by molar-refractivity contribution is 7.98. The van der Waals surface area contributed by atoms with Gasteiger partial charge in [-0.3, -0.25) is 19.2 Å². The standard InChI is InChI=1S/C17H31N5O6S3/c1-30-5-3-10(20-14(24)9(18)8-29)15(25)21-11(4-6-31-2)16(26)22-12(17(27)28)7-13(19)23/h9-12,29H,3-8,18H2,1-2H3,(H2,19,23)(H,20,24)(H,21,25)(H,22,26)(H,27,28). The number of aliphatic carboxylic acids is 1. The van der Waals surface area contributed by atoms with Gasteiger partial charge in [-0.2, -0.15) is 36.2 Å². The topological polar surface area (TPSA) is 194 Å². The van der Waals surface area contributed by atoms with Gasteiger partial charge in [0.15, 0.2) is 0 Å². The fourth-order valence-corrected chi connectivity index (χ4v) is 3.43. The maximum atomic E-state index is 12.8. The van der Waals surface area contributed by atoms with Crippen molar-refractivity contribution in [3.8, 4) is 0 Å². The van der Waals surface area contributed by atoms with Crippen molar-refractivity contribution in [3.05, 3.63) is 0 Å². The summed E-state index contributed by atoms with van der Waals surface area (Å²) < 4.78 is 0. The van der Waals surface area contributed by atoms with Gasteiger partial charge in [-0.1, -0.05) is 0 Å². The van der Waals surface area contributed by atoms with Crippen LogP contribution in [-0.2, 0) is 24.0 Å². The molecule has 0 spiro atoms. The van der Waals surface area contributed by atoms with Crippen molar-refractivity contribution in [1.29, 1.82) is 0 Å². The van der Waals surface area contributed by atoms with E-state index in [1.165, 1.54) is 23.5 Å². The second-order valence-corrected chi connectivity index (χ2v) is 8.88. The SMILES string of the molecule is CSCCC(NC(=O)C(N)CS)C(=O)NC(CCSC)C(=O)NC(CC(N)=O)C(=O)O. The Morgan fingerprint density at radius 1 is 0.871 bits per heavy atom. The zero-order valence-electron chi connectivity index (χ0n) is 17.5. The van der Waals surface area contributed by atoms with Crippen LogP contribution in [0, 0.1) is 0 Å². The normalized spacial score (nSPS) is 14.6. The smallest absolute Gasteiger partial charge is 0.326 e. The molecule has 0 saturated heterocycles. The molecule has 0 rings (SSSR count). The van der Waals surface area contributed by atoms with E-state index >= 15 is 0 Å². The number of carbonyl (C=O) groups is 5. The predicted octanol–water partition coefficient (Wildman–Crippen LogP) is -1.84. The van der Waals surface area contributed by atoms with Crippen LogP contribution in [0.25, 0.3) is 0 Å². The van der Waals surface area contributed by atoms with Gasteiger partial charge in [-0.05, 0) is 36.9 Å². The van der Waals surface area contributed by atoms with E-state index in [9.17, 15) is 29.1 Å². The first-order valence-electron chi connectivity index (χ1n) is 9.33. The summed E-state index contributed by atoms with van der Waals surface area (Å²) >= 11 is 6.87. The van der Waals surface area contributed by atoms with E-state index in [1.807, 2.05) is 12.5 Å². The van der Waals surface area contributed by atoms with E-state index in [1.54, 1.807) is 0 Å². The molecule has 8 N–H and O–H groups in total. The van der Waals surface area contributed by atoms with Crippen LogP contribution >= 0.6 is 36.2 Å². The number of nitrogens with two attached hydrogens (primary N) is 2. The predicted molar refractivity (Wildman–Crippen MR) is 125 cm³/mol. The minimum absolute atomic E-state index is 0.0951. The fourth-order valence-electron chi connectivity index (χ4n) is 2.32. The lowest BCUT2D eigenvalue weighted by molar-refractivity contribution is -0.143. The molecular weight excluding hydrogens is 466 g/mol. The maximum absolute atomic E-state index is 12.8. The molecule has 0 saturated carbocycles. The number of carbonyl (C=O) groups excluding carboxylic acids is 4. The molecule has 0 aliphatic heterocycles. The summed E-state index contributed by atoms with van der Waals surface area (Å²) in [6.07, 6.45) is 3.58. The zero-order chi connectivity index (χ0) is 24.0. The first-order valence-corrected chi connectivity index (χ1v) is 12.8. The van der Waals surface area contributed by atoms with Crippen molar-refractivity contribution in [2.45, 2.75) is 43.4 Å². The number of hydrogen-bond donors (Lipinski definition) is 7. The molecule has 0 aliphatic rings. The van der Waals surface area contributed by atoms with Crippen LogP contribution in [0.4, 0.5) is 0 Å². The highest BCUT2D eigenvalue weighted by atomic mass is 32.2. The first-order chi connectivity index (χ1) is 14.6. The molecular formula is C17H31N5O6S3. The van der Waals surface area contributed by atoms with Gasteiger partial charge in [-0.25, -0.2) is 4.79 Å². The van der Waals surface area contributed by atoms with Crippen molar-refractivity contribution in [2.24, 2.45) is 11.5 Å². The van der Waals surface area contributed by atoms with Crippen molar-refractivity contribution < 1.29 is 29.1 Å². The molecule has 4 atom stereocenters. The van der Waals surface area contributed by atoms with Gasteiger partial charge in [0, 0.05) is 5.75 Å². The number of thiol groups is 1. The average Bonchev–Trinajstić information content (AvgIpc) is 2.71. The highest BCUT2D eigenvalue weighted by Crippen LogP contribution is 2.06. The molecule has 4 unspecified atom stereocenters. The Labute approximate surface area is 195 Å². The molecule has 0 heterocycles. The summed E-state index contributed by atoms with van der Waals surface area (Å²) in [4.78, 5) is 59.9. The van der Waals surface area contributed by atoms with Gasteiger partial charge < -0.3 is 32.5 Å². The molecule has 0 aromatic carbocycles. The van der Waals surface area contributed by atoms with Crippen LogP contribution in [0.1, 0.15) is 19.3 Å². The summed E-state index contributed by atoms with van der Waals surface area (Å²) in [5, 5.41) is 16.5. The molecule has 178 valence electrons. The Bertz CT molecular complexity index is 639. The second kappa shape index (κ2) is 16.1. The number of carboxylic acid groups (broad SMARTS) is 1. The van der Waals surface area contributed by atoms with E-state index in [4.69, 9.17) is 11.5 Å². The van der Waals surface area contributed by atoms with Crippen LogP contribution in [0.5, 0.6) is 0 Å². The molecule has 14 heteroatoms. The number of nitrogens with one attached hydrogen (secondary N) is 3. The lowest BCUT2D eigenvalue weighted by Crippen LogP contribution is -2.57. The zero-order valence-corrected chi connectivity index (χ0v) is 20.0. The van der Waals surface area contributed by atoms with E-state index in [2.05, 4.69) is 28.6 Å². The second-order valence-electron chi connectivity index (χ2n) is 6.54. The molecule has 0 fully saturated rings. The minimum atomic E-state index is -1.51. The van der Waals surface area contributed by atoms with Crippen LogP contribution in [0.3, 0.4) is 0 Å². The monoisotopic (exact) mass is 497 g/mol. The van der Waals surface area contributed by atoms with Gasteiger partial charge in [0.1, 0.15) is 18.1 Å². The Balaban J connectivity index is 5.38. The van der Waals surface area contributed by atoms with Crippen molar-refractivity contribution in [2.75, 3.05) is 29.8 Å². The van der Waals surface area contributed by atoms with Crippen molar-refractivity contribution >= 4 is 65.8 Å². The Morgan fingerprint density at radius 3 is 1.65 bits per heavy atom. The van der Waals surface area contributed by atoms with Gasteiger partial charge in [0.2, 0.25) is 23.6 Å². The lowest BCUT2D eigenvalue weighted by atomic mass is 10.1.